The molecule has 7 nitrogen and oxygen atoms in total. The first kappa shape index (κ1) is 25.0. The predicted molar refractivity (Wildman–Crippen MR) is 141 cm³/mol. The molecule has 0 spiro atoms. The van der Waals surface area contributed by atoms with Crippen LogP contribution in [0.25, 0.3) is 16.7 Å². The number of hydrogen-bond acceptors (Lipinski definition) is 4. The fraction of sp³-hybridized carbons (Fsp3) is 0.536. The normalized spacial score (nSPS) is 15.4. The number of nitrogens with one attached hydrogen (secondary N) is 2. The van der Waals surface area contributed by atoms with Crippen LogP contribution in [0.1, 0.15) is 84.3 Å². The van der Waals surface area contributed by atoms with E-state index in [0.717, 1.165) is 54.3 Å². The van der Waals surface area contributed by atoms with E-state index in [4.69, 9.17) is 0 Å². The quantitative estimate of drug-likeness (QED) is 0.361. The summed E-state index contributed by atoms with van der Waals surface area (Å²) in [5, 5.41) is 26.5. The molecule has 0 bridgehead atoms. The number of rotatable bonds is 5. The first-order valence-corrected chi connectivity index (χ1v) is 12.7. The number of amides is 2. The van der Waals surface area contributed by atoms with Gasteiger partial charge in [0.15, 0.2) is 5.75 Å². The van der Waals surface area contributed by atoms with Crippen LogP contribution in [0, 0.1) is 12.3 Å². The van der Waals surface area contributed by atoms with E-state index in [9.17, 15) is 9.90 Å². The summed E-state index contributed by atoms with van der Waals surface area (Å²) < 4.78 is 0. The number of fused-ring (bicyclic) bond motifs is 1. The average Bonchev–Trinajstić information content (AvgIpc) is 3.17. The number of benzene rings is 2. The first-order chi connectivity index (χ1) is 16.4. The van der Waals surface area contributed by atoms with Gasteiger partial charge in [0.05, 0.1) is 5.69 Å². The third-order valence-electron chi connectivity index (χ3n) is 6.78. The van der Waals surface area contributed by atoms with Crippen LogP contribution in [0.15, 0.2) is 30.3 Å². The Morgan fingerprint density at radius 2 is 1.71 bits per heavy atom. The minimum atomic E-state index is -0.293. The number of aryl methyl sites for hydroxylation is 1. The monoisotopic (exact) mass is 477 g/mol. The number of hydrogen-bond donors (Lipinski definition) is 3. The largest absolute Gasteiger partial charge is 0.504 e. The van der Waals surface area contributed by atoms with Crippen LogP contribution in [-0.4, -0.2) is 32.2 Å². The number of aromatic hydroxyl groups is 1. The third kappa shape index (κ3) is 5.95. The molecule has 1 fully saturated rings. The lowest BCUT2D eigenvalue weighted by molar-refractivity contribution is 0.244. The summed E-state index contributed by atoms with van der Waals surface area (Å²) in [6.07, 6.45) is 6.40. The van der Waals surface area contributed by atoms with E-state index >= 15 is 0 Å². The smallest absolute Gasteiger partial charge is 0.319 e. The molecule has 2 amide bonds. The molecule has 3 N–H and O–H groups in total. The molecule has 7 heteroatoms. The molecule has 4 rings (SSSR count). The molecule has 1 aromatic heterocycles. The van der Waals surface area contributed by atoms with Gasteiger partial charge in [0.25, 0.3) is 0 Å². The number of phenolic OH excluding ortho intramolecular Hbond substituents is 1. The number of carbonyl (C=O) groups excluding carboxylic acids is 1. The molecule has 0 aliphatic heterocycles. The molecule has 3 aromatic rings. The maximum absolute atomic E-state index is 12.9. The molecule has 188 valence electrons. The second-order valence-electron chi connectivity index (χ2n) is 11.9. The van der Waals surface area contributed by atoms with Crippen LogP contribution in [0.2, 0.25) is 0 Å². The van der Waals surface area contributed by atoms with Crippen molar-refractivity contribution >= 4 is 22.8 Å². The van der Waals surface area contributed by atoms with E-state index in [2.05, 4.69) is 55.4 Å². The van der Waals surface area contributed by atoms with Gasteiger partial charge in [0.2, 0.25) is 0 Å². The number of anilines is 1. The van der Waals surface area contributed by atoms with Crippen molar-refractivity contribution in [3.05, 3.63) is 41.5 Å². The van der Waals surface area contributed by atoms with Crippen LogP contribution in [0.4, 0.5) is 10.5 Å². The van der Waals surface area contributed by atoms with Crippen LogP contribution in [0.5, 0.6) is 5.75 Å². The maximum atomic E-state index is 12.9. The molecule has 1 aliphatic rings. The Morgan fingerprint density at radius 1 is 1.03 bits per heavy atom. The summed E-state index contributed by atoms with van der Waals surface area (Å²) in [7, 11) is 0. The van der Waals surface area contributed by atoms with Gasteiger partial charge in [0.1, 0.15) is 16.7 Å². The van der Waals surface area contributed by atoms with Gasteiger partial charge in [0, 0.05) is 6.04 Å². The number of phenols is 1. The summed E-state index contributed by atoms with van der Waals surface area (Å²) >= 11 is 0. The van der Waals surface area contributed by atoms with Crippen LogP contribution in [-0.2, 0) is 5.41 Å². The predicted octanol–water partition coefficient (Wildman–Crippen LogP) is 6.60. The maximum Gasteiger partial charge on any atom is 0.319 e. The van der Waals surface area contributed by atoms with Gasteiger partial charge in [-0.3, -0.25) is 0 Å². The first-order valence-electron chi connectivity index (χ1n) is 12.7. The van der Waals surface area contributed by atoms with Gasteiger partial charge in [-0.1, -0.05) is 59.9 Å². The Morgan fingerprint density at radius 3 is 2.40 bits per heavy atom. The highest BCUT2D eigenvalue weighted by atomic mass is 16.3. The fourth-order valence-corrected chi connectivity index (χ4v) is 5.41. The Kier molecular flexibility index (Phi) is 6.80. The van der Waals surface area contributed by atoms with E-state index in [-0.39, 0.29) is 28.7 Å². The van der Waals surface area contributed by atoms with Crippen molar-refractivity contribution in [1.82, 2.24) is 20.3 Å². The van der Waals surface area contributed by atoms with Gasteiger partial charge >= 0.3 is 6.03 Å². The molecular formula is C28H39N5O2. The molecule has 1 aliphatic carbocycles. The summed E-state index contributed by atoms with van der Waals surface area (Å²) in [6.45, 7) is 13.1. The molecule has 35 heavy (non-hydrogen) atoms. The second-order valence-corrected chi connectivity index (χ2v) is 11.9. The van der Waals surface area contributed by atoms with Crippen molar-refractivity contribution in [2.24, 2.45) is 5.41 Å². The molecule has 0 saturated heterocycles. The van der Waals surface area contributed by atoms with Crippen molar-refractivity contribution in [1.29, 1.82) is 0 Å². The zero-order valence-corrected chi connectivity index (χ0v) is 21.9. The summed E-state index contributed by atoms with van der Waals surface area (Å²) in [5.74, 6) is -0.0452. The van der Waals surface area contributed by atoms with Gasteiger partial charge in [-0.25, -0.2) is 4.79 Å². The summed E-state index contributed by atoms with van der Waals surface area (Å²) in [5.41, 5.74) is 4.31. The fourth-order valence-electron chi connectivity index (χ4n) is 5.41. The van der Waals surface area contributed by atoms with E-state index < -0.39 is 0 Å². The second kappa shape index (κ2) is 9.51. The lowest BCUT2D eigenvalue weighted by Gasteiger charge is -2.33. The van der Waals surface area contributed by atoms with Gasteiger partial charge in [-0.2, -0.15) is 0 Å². The van der Waals surface area contributed by atoms with E-state index in [1.807, 2.05) is 37.3 Å². The number of aromatic nitrogens is 3. The minimum absolute atomic E-state index is 0.0452. The highest BCUT2D eigenvalue weighted by Crippen LogP contribution is 2.41. The van der Waals surface area contributed by atoms with E-state index in [0.29, 0.717) is 11.4 Å². The summed E-state index contributed by atoms with van der Waals surface area (Å²) in [4.78, 5) is 14.4. The van der Waals surface area contributed by atoms with Crippen molar-refractivity contribution in [2.75, 3.05) is 5.32 Å². The zero-order valence-electron chi connectivity index (χ0n) is 21.9. The molecule has 2 aromatic carbocycles. The molecule has 0 unspecified atom stereocenters. The third-order valence-corrected chi connectivity index (χ3v) is 6.78. The molecule has 0 atom stereocenters. The SMILES string of the molecule is Cc1ccc2nn(-c3cc(C(C)(C)CC(C)(C)C)cc(NC(=O)NC4CCCCC4)c3O)nc2c1. The van der Waals surface area contributed by atoms with Crippen molar-refractivity contribution in [2.45, 2.75) is 91.5 Å². The standard InChI is InChI=1S/C28H39N5O2/c1-18-12-13-21-22(14-18)32-33(31-21)24-16-19(28(5,6)17-27(2,3)4)15-23(25(24)34)30-26(35)29-20-10-8-7-9-11-20/h12-16,20,34H,7-11,17H2,1-6H3,(H2,29,30,35). The lowest BCUT2D eigenvalue weighted by Crippen LogP contribution is -2.39. The van der Waals surface area contributed by atoms with Crippen molar-refractivity contribution < 1.29 is 9.90 Å². The van der Waals surface area contributed by atoms with Crippen LogP contribution < -0.4 is 10.6 Å². The van der Waals surface area contributed by atoms with Gasteiger partial charge in [-0.15, -0.1) is 15.0 Å². The Hall–Kier alpha value is -3.09. The van der Waals surface area contributed by atoms with Crippen molar-refractivity contribution in [3.63, 3.8) is 0 Å². The Labute approximate surface area is 208 Å². The van der Waals surface area contributed by atoms with Crippen molar-refractivity contribution in [3.8, 4) is 11.4 Å². The van der Waals surface area contributed by atoms with E-state index in [1.54, 1.807) is 0 Å². The topological polar surface area (TPSA) is 92.1 Å². The highest BCUT2D eigenvalue weighted by Gasteiger charge is 2.30. The van der Waals surface area contributed by atoms with Gasteiger partial charge in [-0.05, 0) is 72.4 Å². The average molecular weight is 478 g/mol. The Bertz CT molecular complexity index is 1220. The minimum Gasteiger partial charge on any atom is -0.504 e. The molecule has 0 radical (unpaired) electrons. The lowest BCUT2D eigenvalue weighted by atomic mass is 9.72. The number of carbonyl (C=O) groups is 1. The molecule has 1 saturated carbocycles. The number of urea groups is 1. The Balaban J connectivity index is 1.74. The molecular weight excluding hydrogens is 438 g/mol. The van der Waals surface area contributed by atoms with Crippen LogP contribution >= 0.6 is 0 Å². The number of nitrogens with zero attached hydrogens (tertiary/aromatic N) is 3. The summed E-state index contributed by atoms with van der Waals surface area (Å²) in [6, 6.07) is 9.60. The highest BCUT2D eigenvalue weighted by molar-refractivity contribution is 5.92. The van der Waals surface area contributed by atoms with Crippen LogP contribution in [0.3, 0.4) is 0 Å². The van der Waals surface area contributed by atoms with E-state index in [1.165, 1.54) is 11.2 Å². The molecule has 1 heterocycles. The van der Waals surface area contributed by atoms with Gasteiger partial charge < -0.3 is 15.7 Å². The zero-order chi connectivity index (χ0) is 25.4.